The highest BCUT2D eigenvalue weighted by Crippen LogP contribution is 2.39. The van der Waals surface area contributed by atoms with Crippen LogP contribution in [0.1, 0.15) is 25.3 Å². The minimum absolute atomic E-state index is 0.333. The summed E-state index contributed by atoms with van der Waals surface area (Å²) in [5.74, 6) is 0. The van der Waals surface area contributed by atoms with Gasteiger partial charge in [-0.2, -0.15) is 0 Å². The molecule has 1 atom stereocenters. The van der Waals surface area contributed by atoms with Crippen LogP contribution in [-0.2, 0) is 0 Å². The highest BCUT2D eigenvalue weighted by Gasteiger charge is 2.17. The van der Waals surface area contributed by atoms with E-state index in [9.17, 15) is 0 Å². The summed E-state index contributed by atoms with van der Waals surface area (Å²) in [6, 6.07) is 29.3. The monoisotopic (exact) mass is 356 g/mol. The summed E-state index contributed by atoms with van der Waals surface area (Å²) in [5.41, 5.74) is 1.42. The van der Waals surface area contributed by atoms with Gasteiger partial charge in [0, 0.05) is 0 Å². The molecule has 0 amide bonds. The second-order valence-electron chi connectivity index (χ2n) is 6.99. The van der Waals surface area contributed by atoms with Gasteiger partial charge in [0.2, 0.25) is 0 Å². The fraction of sp³-hybridized carbons (Fsp3) is 0.200. The molecule has 0 bridgehead atoms. The molecule has 0 nitrogen and oxygen atoms in total. The van der Waals surface area contributed by atoms with Crippen LogP contribution < -0.4 is 10.6 Å². The van der Waals surface area contributed by atoms with Gasteiger partial charge in [-0.3, -0.25) is 0 Å². The number of rotatable bonds is 5. The van der Waals surface area contributed by atoms with Crippen molar-refractivity contribution in [2.75, 3.05) is 6.16 Å². The van der Waals surface area contributed by atoms with Crippen LogP contribution >= 0.6 is 7.92 Å². The quantitative estimate of drug-likeness (QED) is 0.281. The summed E-state index contributed by atoms with van der Waals surface area (Å²) < 4.78 is 0. The summed E-state index contributed by atoms with van der Waals surface area (Å²) >= 11 is 0. The van der Waals surface area contributed by atoms with E-state index in [1.165, 1.54) is 56.7 Å². The Morgan fingerprint density at radius 1 is 0.692 bits per heavy atom. The predicted octanol–water partition coefficient (Wildman–Crippen LogP) is 6.53. The van der Waals surface area contributed by atoms with Crippen molar-refractivity contribution in [3.8, 4) is 0 Å². The van der Waals surface area contributed by atoms with Crippen LogP contribution in [0.4, 0.5) is 0 Å². The first-order chi connectivity index (χ1) is 12.8. The average Bonchev–Trinajstić information content (AvgIpc) is 2.68. The van der Waals surface area contributed by atoms with Gasteiger partial charge in [-0.05, 0) is 77.3 Å². The van der Waals surface area contributed by atoms with Crippen LogP contribution in [0.2, 0.25) is 0 Å². The highest BCUT2D eigenvalue weighted by atomic mass is 31.1. The first-order valence-electron chi connectivity index (χ1n) is 9.52. The third-order valence-electron chi connectivity index (χ3n) is 5.16. The van der Waals surface area contributed by atoms with Gasteiger partial charge < -0.3 is 0 Å². The Labute approximate surface area is 157 Å². The molecule has 0 aliphatic heterocycles. The van der Waals surface area contributed by atoms with Gasteiger partial charge in [0.1, 0.15) is 0 Å². The van der Waals surface area contributed by atoms with E-state index in [0.29, 0.717) is 0 Å². The summed E-state index contributed by atoms with van der Waals surface area (Å²) in [5, 5.41) is 8.52. The lowest BCUT2D eigenvalue weighted by molar-refractivity contribution is 0.893. The van der Waals surface area contributed by atoms with Gasteiger partial charge in [-0.1, -0.05) is 80.1 Å². The summed E-state index contributed by atoms with van der Waals surface area (Å²) in [7, 11) is -0.333. The van der Waals surface area contributed by atoms with E-state index in [1.54, 1.807) is 0 Å². The van der Waals surface area contributed by atoms with Crippen LogP contribution in [0, 0.1) is 6.92 Å². The fourth-order valence-electron chi connectivity index (χ4n) is 3.74. The molecule has 0 N–H and O–H groups in total. The number of benzene rings is 4. The van der Waals surface area contributed by atoms with Gasteiger partial charge in [-0.15, -0.1) is 0 Å². The van der Waals surface area contributed by atoms with E-state index in [0.717, 1.165) is 0 Å². The zero-order valence-electron chi connectivity index (χ0n) is 15.6. The molecule has 0 radical (unpaired) electrons. The van der Waals surface area contributed by atoms with E-state index in [-0.39, 0.29) is 7.92 Å². The van der Waals surface area contributed by atoms with Gasteiger partial charge in [0.05, 0.1) is 0 Å². The van der Waals surface area contributed by atoms with Gasteiger partial charge in [0.15, 0.2) is 0 Å². The zero-order chi connectivity index (χ0) is 17.9. The van der Waals surface area contributed by atoms with Crippen molar-refractivity contribution in [2.24, 2.45) is 0 Å². The Hall–Kier alpha value is -2.17. The van der Waals surface area contributed by atoms with Crippen LogP contribution in [0.3, 0.4) is 0 Å². The Kier molecular flexibility index (Phi) is 5.05. The summed E-state index contributed by atoms with van der Waals surface area (Å²) in [6.07, 6.45) is 3.80. The highest BCUT2D eigenvalue weighted by molar-refractivity contribution is 7.73. The van der Waals surface area contributed by atoms with Crippen molar-refractivity contribution in [1.29, 1.82) is 0 Å². The normalized spacial score (nSPS) is 12.5. The smallest absolute Gasteiger partial charge is 0.00973 e. The molecule has 0 saturated heterocycles. The lowest BCUT2D eigenvalue weighted by Gasteiger charge is -2.22. The third kappa shape index (κ3) is 3.27. The van der Waals surface area contributed by atoms with Crippen LogP contribution in [0.25, 0.3) is 21.5 Å². The van der Waals surface area contributed by atoms with Crippen molar-refractivity contribution in [3.05, 3.63) is 84.4 Å². The standard InChI is InChI=1S/C25H25P/c1-3-4-16-26(24-14-8-5-10-19(24)2)25-15-9-13-22-17-20-11-6-7-12-21(20)18-23(22)25/h5-15,17-18H,3-4,16H2,1-2H3. The molecule has 130 valence electrons. The summed E-state index contributed by atoms with van der Waals surface area (Å²) in [4.78, 5) is 0. The Morgan fingerprint density at radius 2 is 1.35 bits per heavy atom. The molecule has 1 heteroatoms. The minimum Gasteiger partial charge on any atom is -0.0654 e. The molecule has 0 aliphatic carbocycles. The van der Waals surface area contributed by atoms with Gasteiger partial charge in [-0.25, -0.2) is 0 Å². The topological polar surface area (TPSA) is 0 Å². The fourth-order valence-corrected chi connectivity index (χ4v) is 6.63. The third-order valence-corrected chi connectivity index (χ3v) is 7.97. The van der Waals surface area contributed by atoms with Crippen molar-refractivity contribution >= 4 is 40.1 Å². The predicted molar refractivity (Wildman–Crippen MR) is 119 cm³/mol. The molecule has 0 spiro atoms. The molecular formula is C25H25P. The SMILES string of the molecule is CCCCP(c1ccccc1C)c1cccc2cc3ccccc3cc12. The van der Waals surface area contributed by atoms with Crippen molar-refractivity contribution < 1.29 is 0 Å². The maximum absolute atomic E-state index is 2.40. The minimum atomic E-state index is -0.333. The Bertz CT molecular complexity index is 1050. The largest absolute Gasteiger partial charge is 0.0654 e. The molecule has 0 saturated carbocycles. The van der Waals surface area contributed by atoms with Crippen molar-refractivity contribution in [1.82, 2.24) is 0 Å². The van der Waals surface area contributed by atoms with E-state index >= 15 is 0 Å². The van der Waals surface area contributed by atoms with Crippen LogP contribution in [0.5, 0.6) is 0 Å². The van der Waals surface area contributed by atoms with E-state index < -0.39 is 0 Å². The first kappa shape index (κ1) is 17.3. The number of hydrogen-bond donors (Lipinski definition) is 0. The molecule has 1 unspecified atom stereocenters. The van der Waals surface area contributed by atoms with E-state index in [2.05, 4.69) is 92.7 Å². The van der Waals surface area contributed by atoms with Gasteiger partial charge >= 0.3 is 0 Å². The molecule has 26 heavy (non-hydrogen) atoms. The maximum Gasteiger partial charge on any atom is -0.00973 e. The summed E-state index contributed by atoms with van der Waals surface area (Å²) in [6.45, 7) is 4.55. The number of aryl methyl sites for hydroxylation is 1. The van der Waals surface area contributed by atoms with Crippen LogP contribution in [-0.4, -0.2) is 6.16 Å². The molecule has 0 heterocycles. The Morgan fingerprint density at radius 3 is 2.12 bits per heavy atom. The van der Waals surface area contributed by atoms with Crippen molar-refractivity contribution in [3.63, 3.8) is 0 Å². The Balaban J connectivity index is 1.94. The number of hydrogen-bond acceptors (Lipinski definition) is 0. The first-order valence-corrected chi connectivity index (χ1v) is 11.1. The second-order valence-corrected chi connectivity index (χ2v) is 9.26. The number of unbranched alkanes of at least 4 members (excludes halogenated alkanes) is 1. The maximum atomic E-state index is 2.40. The molecule has 4 aromatic rings. The van der Waals surface area contributed by atoms with Gasteiger partial charge in [0.25, 0.3) is 0 Å². The van der Waals surface area contributed by atoms with E-state index in [4.69, 9.17) is 0 Å². The van der Waals surface area contributed by atoms with Crippen LogP contribution in [0.15, 0.2) is 78.9 Å². The molecule has 4 aromatic carbocycles. The molecule has 0 aromatic heterocycles. The second kappa shape index (κ2) is 7.60. The average molecular weight is 356 g/mol. The van der Waals surface area contributed by atoms with Crippen molar-refractivity contribution in [2.45, 2.75) is 26.7 Å². The van der Waals surface area contributed by atoms with E-state index in [1.807, 2.05) is 0 Å². The molecule has 0 aliphatic rings. The lowest BCUT2D eigenvalue weighted by Crippen LogP contribution is -2.17. The molecular weight excluding hydrogens is 331 g/mol. The zero-order valence-corrected chi connectivity index (χ0v) is 16.5. The lowest BCUT2D eigenvalue weighted by atomic mass is 10.0. The molecule has 4 rings (SSSR count). The molecule has 0 fully saturated rings. The number of fused-ring (bicyclic) bond motifs is 2.